The zero-order valence-corrected chi connectivity index (χ0v) is 11.0. The summed E-state index contributed by atoms with van der Waals surface area (Å²) in [6.07, 6.45) is 3.03. The van der Waals surface area contributed by atoms with Crippen LogP contribution in [0.25, 0.3) is 0 Å². The Labute approximate surface area is 111 Å². The largest absolute Gasteiger partial charge is 0.329 e. The molecule has 19 heavy (non-hydrogen) atoms. The zero-order valence-electron chi connectivity index (χ0n) is 11.0. The average molecular weight is 272 g/mol. The van der Waals surface area contributed by atoms with Crippen molar-refractivity contribution in [1.29, 1.82) is 0 Å². The first-order valence-electron chi connectivity index (χ1n) is 6.68. The SMILES string of the molecule is CCCN(C1CC1)C(CN)c1cc(F)c(F)cc1F. The monoisotopic (exact) mass is 272 g/mol. The van der Waals surface area contributed by atoms with Gasteiger partial charge >= 0.3 is 0 Å². The van der Waals surface area contributed by atoms with E-state index >= 15 is 0 Å². The highest BCUT2D eigenvalue weighted by molar-refractivity contribution is 5.24. The van der Waals surface area contributed by atoms with E-state index in [9.17, 15) is 13.2 Å². The first kappa shape index (κ1) is 14.3. The number of rotatable bonds is 6. The van der Waals surface area contributed by atoms with Crippen LogP contribution < -0.4 is 5.73 Å². The van der Waals surface area contributed by atoms with Gasteiger partial charge in [-0.05, 0) is 31.9 Å². The average Bonchev–Trinajstić information content (AvgIpc) is 3.19. The number of nitrogens with zero attached hydrogens (tertiary/aromatic N) is 1. The maximum Gasteiger partial charge on any atom is 0.161 e. The van der Waals surface area contributed by atoms with E-state index in [1.165, 1.54) is 0 Å². The highest BCUT2D eigenvalue weighted by Crippen LogP contribution is 2.35. The quantitative estimate of drug-likeness (QED) is 0.807. The van der Waals surface area contributed by atoms with Gasteiger partial charge in [0.25, 0.3) is 0 Å². The molecule has 2 nitrogen and oxygen atoms in total. The Morgan fingerprint density at radius 1 is 1.21 bits per heavy atom. The second-order valence-corrected chi connectivity index (χ2v) is 5.01. The molecule has 1 unspecified atom stereocenters. The summed E-state index contributed by atoms with van der Waals surface area (Å²) in [6, 6.07) is 1.54. The molecule has 1 aromatic rings. The molecule has 1 atom stereocenters. The van der Waals surface area contributed by atoms with Crippen molar-refractivity contribution in [3.05, 3.63) is 35.1 Å². The fraction of sp³-hybridized carbons (Fsp3) is 0.571. The van der Waals surface area contributed by atoms with Gasteiger partial charge in [0.15, 0.2) is 11.6 Å². The van der Waals surface area contributed by atoms with E-state index in [0.717, 1.165) is 31.9 Å². The van der Waals surface area contributed by atoms with Crippen molar-refractivity contribution >= 4 is 0 Å². The van der Waals surface area contributed by atoms with Crippen LogP contribution in [0.2, 0.25) is 0 Å². The van der Waals surface area contributed by atoms with Gasteiger partial charge in [-0.1, -0.05) is 6.92 Å². The van der Waals surface area contributed by atoms with E-state index in [2.05, 4.69) is 4.90 Å². The molecule has 0 aromatic heterocycles. The standard InChI is InChI=1S/C14H19F3N2/c1-2-5-19(9-3-4-9)14(8-18)10-6-12(16)13(17)7-11(10)15/h6-7,9,14H,2-5,8,18H2,1H3. The van der Waals surface area contributed by atoms with Crippen LogP contribution in [-0.4, -0.2) is 24.0 Å². The van der Waals surface area contributed by atoms with Crippen LogP contribution in [0, 0.1) is 17.5 Å². The molecule has 1 aliphatic rings. The summed E-state index contributed by atoms with van der Waals surface area (Å²) in [5.74, 6) is -2.91. The molecular formula is C14H19F3N2. The summed E-state index contributed by atoms with van der Waals surface area (Å²) < 4.78 is 40.2. The van der Waals surface area contributed by atoms with Crippen molar-refractivity contribution in [2.75, 3.05) is 13.1 Å². The molecule has 0 amide bonds. The topological polar surface area (TPSA) is 29.3 Å². The Morgan fingerprint density at radius 2 is 1.84 bits per heavy atom. The van der Waals surface area contributed by atoms with Crippen LogP contribution in [-0.2, 0) is 0 Å². The number of hydrogen-bond acceptors (Lipinski definition) is 2. The first-order valence-corrected chi connectivity index (χ1v) is 6.68. The third-order valence-corrected chi connectivity index (χ3v) is 3.52. The van der Waals surface area contributed by atoms with Gasteiger partial charge in [0.2, 0.25) is 0 Å². The molecule has 2 N–H and O–H groups in total. The summed E-state index contributed by atoms with van der Waals surface area (Å²) in [7, 11) is 0. The minimum atomic E-state index is -1.16. The smallest absolute Gasteiger partial charge is 0.161 e. The summed E-state index contributed by atoms with van der Waals surface area (Å²) in [5.41, 5.74) is 5.89. The maximum absolute atomic E-state index is 13.9. The molecule has 1 aromatic carbocycles. The molecule has 0 bridgehead atoms. The lowest BCUT2D eigenvalue weighted by atomic mass is 10.0. The highest BCUT2D eigenvalue weighted by Gasteiger charge is 2.34. The highest BCUT2D eigenvalue weighted by atomic mass is 19.2. The molecule has 0 aliphatic heterocycles. The van der Waals surface area contributed by atoms with Crippen LogP contribution >= 0.6 is 0 Å². The van der Waals surface area contributed by atoms with Crippen molar-refractivity contribution in [2.24, 2.45) is 5.73 Å². The minimum Gasteiger partial charge on any atom is -0.329 e. The van der Waals surface area contributed by atoms with Crippen molar-refractivity contribution in [3.63, 3.8) is 0 Å². The molecule has 5 heteroatoms. The second kappa shape index (κ2) is 5.92. The van der Waals surface area contributed by atoms with Crippen LogP contribution in [0.5, 0.6) is 0 Å². The minimum absolute atomic E-state index is 0.154. The maximum atomic E-state index is 13.9. The van der Waals surface area contributed by atoms with Gasteiger partial charge in [-0.15, -0.1) is 0 Å². The molecule has 0 heterocycles. The third kappa shape index (κ3) is 3.09. The van der Waals surface area contributed by atoms with Crippen molar-refractivity contribution in [3.8, 4) is 0 Å². The number of hydrogen-bond donors (Lipinski definition) is 1. The molecule has 1 aliphatic carbocycles. The van der Waals surface area contributed by atoms with E-state index < -0.39 is 17.5 Å². The van der Waals surface area contributed by atoms with Gasteiger partial charge in [0.05, 0.1) is 6.04 Å². The van der Waals surface area contributed by atoms with Gasteiger partial charge in [-0.2, -0.15) is 0 Å². The third-order valence-electron chi connectivity index (χ3n) is 3.52. The van der Waals surface area contributed by atoms with E-state index in [0.29, 0.717) is 12.1 Å². The molecule has 106 valence electrons. The van der Waals surface area contributed by atoms with E-state index in [1.807, 2.05) is 6.92 Å². The summed E-state index contributed by atoms with van der Waals surface area (Å²) in [6.45, 7) is 3.01. The Kier molecular flexibility index (Phi) is 4.47. The number of benzene rings is 1. The molecule has 0 radical (unpaired) electrons. The van der Waals surface area contributed by atoms with Crippen LogP contribution in [0.15, 0.2) is 12.1 Å². The Bertz CT molecular complexity index is 447. The predicted molar refractivity (Wildman–Crippen MR) is 68.1 cm³/mol. The molecular weight excluding hydrogens is 253 g/mol. The van der Waals surface area contributed by atoms with Crippen LogP contribution in [0.1, 0.15) is 37.8 Å². The Hall–Kier alpha value is -1.07. The lowest BCUT2D eigenvalue weighted by Gasteiger charge is -2.31. The van der Waals surface area contributed by atoms with Gasteiger partial charge in [0.1, 0.15) is 5.82 Å². The van der Waals surface area contributed by atoms with Crippen molar-refractivity contribution < 1.29 is 13.2 Å². The summed E-state index contributed by atoms with van der Waals surface area (Å²) >= 11 is 0. The predicted octanol–water partition coefficient (Wildman–Crippen LogP) is 2.98. The summed E-state index contributed by atoms with van der Waals surface area (Å²) in [4.78, 5) is 2.11. The van der Waals surface area contributed by atoms with Crippen molar-refractivity contribution in [1.82, 2.24) is 4.90 Å². The fourth-order valence-electron chi connectivity index (χ4n) is 2.49. The fourth-order valence-corrected chi connectivity index (χ4v) is 2.49. The molecule has 0 saturated heterocycles. The lowest BCUT2D eigenvalue weighted by Crippen LogP contribution is -2.36. The summed E-state index contributed by atoms with van der Waals surface area (Å²) in [5, 5.41) is 0. The van der Waals surface area contributed by atoms with Crippen LogP contribution in [0.4, 0.5) is 13.2 Å². The van der Waals surface area contributed by atoms with E-state index in [4.69, 9.17) is 5.73 Å². The number of nitrogens with two attached hydrogens (primary N) is 1. The van der Waals surface area contributed by atoms with Crippen LogP contribution in [0.3, 0.4) is 0 Å². The van der Waals surface area contributed by atoms with Gasteiger partial charge < -0.3 is 5.73 Å². The van der Waals surface area contributed by atoms with E-state index in [1.54, 1.807) is 0 Å². The molecule has 1 saturated carbocycles. The Balaban J connectivity index is 2.32. The Morgan fingerprint density at radius 3 is 2.37 bits per heavy atom. The second-order valence-electron chi connectivity index (χ2n) is 5.01. The van der Waals surface area contributed by atoms with Gasteiger partial charge in [0, 0.05) is 24.2 Å². The van der Waals surface area contributed by atoms with Crippen molar-refractivity contribution in [2.45, 2.75) is 38.3 Å². The normalized spacial score (nSPS) is 16.9. The molecule has 2 rings (SSSR count). The molecule has 0 spiro atoms. The lowest BCUT2D eigenvalue weighted by molar-refractivity contribution is 0.187. The van der Waals surface area contributed by atoms with Gasteiger partial charge in [-0.3, -0.25) is 4.90 Å². The van der Waals surface area contributed by atoms with E-state index in [-0.39, 0.29) is 18.2 Å². The molecule has 1 fully saturated rings. The van der Waals surface area contributed by atoms with Gasteiger partial charge in [-0.25, -0.2) is 13.2 Å². The zero-order chi connectivity index (χ0) is 14.0. The number of halogens is 3. The first-order chi connectivity index (χ1) is 9.08.